The zero-order valence-electron chi connectivity index (χ0n) is 9.33. The summed E-state index contributed by atoms with van der Waals surface area (Å²) in [6.45, 7) is 5.32. The van der Waals surface area contributed by atoms with Gasteiger partial charge in [-0.15, -0.1) is 0 Å². The number of nitrogens with two attached hydrogens (primary N) is 1. The first-order valence-electron chi connectivity index (χ1n) is 5.51. The molecule has 0 saturated heterocycles. The molecule has 0 bridgehead atoms. The van der Waals surface area contributed by atoms with E-state index in [0.717, 1.165) is 41.9 Å². The Hall–Kier alpha value is -1.51. The number of rotatable bonds is 3. The van der Waals surface area contributed by atoms with Crippen molar-refractivity contribution >= 4 is 16.7 Å². The summed E-state index contributed by atoms with van der Waals surface area (Å²) >= 11 is 0. The van der Waals surface area contributed by atoms with E-state index in [1.165, 1.54) is 0 Å². The molecule has 80 valence electrons. The molecule has 0 aliphatic rings. The fourth-order valence-electron chi connectivity index (χ4n) is 1.96. The molecule has 3 heteroatoms. The van der Waals surface area contributed by atoms with Crippen LogP contribution in [0.2, 0.25) is 0 Å². The number of aromatic nitrogens is 2. The number of fused-ring (bicyclic) bond motifs is 1. The molecule has 0 saturated carbocycles. The Labute approximate surface area is 89.9 Å². The van der Waals surface area contributed by atoms with Gasteiger partial charge in [-0.2, -0.15) is 0 Å². The Bertz CT molecular complexity index is 471. The molecule has 2 rings (SSSR count). The highest BCUT2D eigenvalue weighted by Crippen LogP contribution is 2.22. The predicted octanol–water partition coefficient (Wildman–Crippen LogP) is 2.59. The van der Waals surface area contributed by atoms with E-state index in [0.29, 0.717) is 0 Å². The third-order valence-corrected chi connectivity index (χ3v) is 2.65. The quantitative estimate of drug-likeness (QED) is 0.779. The van der Waals surface area contributed by atoms with Crippen molar-refractivity contribution in [2.75, 3.05) is 5.73 Å². The number of nitrogen functional groups attached to an aromatic ring is 1. The summed E-state index contributed by atoms with van der Waals surface area (Å²) in [4.78, 5) is 4.59. The highest BCUT2D eigenvalue weighted by Gasteiger charge is 2.09. The molecule has 2 N–H and O–H groups in total. The van der Waals surface area contributed by atoms with Crippen molar-refractivity contribution in [3.05, 3.63) is 24.0 Å². The molecule has 0 spiro atoms. The number of hydrogen-bond acceptors (Lipinski definition) is 2. The molecular formula is C12H17N3. The maximum atomic E-state index is 5.91. The first-order valence-corrected chi connectivity index (χ1v) is 5.51. The smallest absolute Gasteiger partial charge is 0.112 e. The van der Waals surface area contributed by atoms with Gasteiger partial charge in [0.1, 0.15) is 11.3 Å². The van der Waals surface area contributed by atoms with Crippen LogP contribution in [0.3, 0.4) is 0 Å². The van der Waals surface area contributed by atoms with Crippen LogP contribution in [0, 0.1) is 0 Å². The molecule has 0 atom stereocenters. The maximum Gasteiger partial charge on any atom is 0.112 e. The Morgan fingerprint density at radius 3 is 2.80 bits per heavy atom. The molecule has 15 heavy (non-hydrogen) atoms. The monoisotopic (exact) mass is 203 g/mol. The van der Waals surface area contributed by atoms with E-state index < -0.39 is 0 Å². The second kappa shape index (κ2) is 3.93. The molecule has 1 aromatic carbocycles. The second-order valence-corrected chi connectivity index (χ2v) is 3.75. The Balaban J connectivity index is 2.68. The normalized spacial score (nSPS) is 11.1. The lowest BCUT2D eigenvalue weighted by Crippen LogP contribution is -2.01. The third kappa shape index (κ3) is 1.58. The number of imidazole rings is 1. The Morgan fingerprint density at radius 2 is 2.13 bits per heavy atom. The second-order valence-electron chi connectivity index (χ2n) is 3.75. The first kappa shape index (κ1) is 10.0. The highest BCUT2D eigenvalue weighted by atomic mass is 15.1. The van der Waals surface area contributed by atoms with Crippen LogP contribution in [-0.4, -0.2) is 9.55 Å². The largest absolute Gasteiger partial charge is 0.397 e. The lowest BCUT2D eigenvalue weighted by atomic mass is 10.2. The van der Waals surface area contributed by atoms with Crippen molar-refractivity contribution in [1.29, 1.82) is 0 Å². The molecule has 1 heterocycles. The number of hydrogen-bond donors (Lipinski definition) is 1. The van der Waals surface area contributed by atoms with Gasteiger partial charge in [-0.1, -0.05) is 19.9 Å². The van der Waals surface area contributed by atoms with E-state index in [1.807, 2.05) is 12.1 Å². The Morgan fingerprint density at radius 1 is 1.33 bits per heavy atom. The molecule has 3 nitrogen and oxygen atoms in total. The number of aryl methyl sites for hydroxylation is 2. The summed E-state index contributed by atoms with van der Waals surface area (Å²) < 4.78 is 2.27. The van der Waals surface area contributed by atoms with Gasteiger partial charge in [0.05, 0.1) is 11.2 Å². The lowest BCUT2D eigenvalue weighted by molar-refractivity contribution is 0.659. The molecule has 1 aromatic heterocycles. The standard InChI is InChI=1S/C12H17N3/c1-3-8-15-10-7-5-6-9(13)12(10)14-11(15)4-2/h5-7H,3-4,8,13H2,1-2H3. The summed E-state index contributed by atoms with van der Waals surface area (Å²) in [7, 11) is 0. The average molecular weight is 203 g/mol. The third-order valence-electron chi connectivity index (χ3n) is 2.65. The minimum absolute atomic E-state index is 0.775. The molecule has 0 fully saturated rings. The van der Waals surface area contributed by atoms with E-state index in [4.69, 9.17) is 5.73 Å². The molecule has 0 aliphatic carbocycles. The predicted molar refractivity (Wildman–Crippen MR) is 63.8 cm³/mol. The number of anilines is 1. The van der Waals surface area contributed by atoms with Gasteiger partial charge in [-0.05, 0) is 18.6 Å². The van der Waals surface area contributed by atoms with Crippen LogP contribution >= 0.6 is 0 Å². The molecule has 0 aliphatic heterocycles. The zero-order chi connectivity index (χ0) is 10.8. The van der Waals surface area contributed by atoms with Crippen molar-refractivity contribution in [1.82, 2.24) is 9.55 Å². The summed E-state index contributed by atoms with van der Waals surface area (Å²) in [5, 5.41) is 0. The van der Waals surface area contributed by atoms with Crippen molar-refractivity contribution < 1.29 is 0 Å². The lowest BCUT2D eigenvalue weighted by Gasteiger charge is -2.05. The van der Waals surface area contributed by atoms with Crippen molar-refractivity contribution in [2.24, 2.45) is 0 Å². The summed E-state index contributed by atoms with van der Waals surface area (Å²) in [6.07, 6.45) is 2.07. The van der Waals surface area contributed by atoms with E-state index in [9.17, 15) is 0 Å². The van der Waals surface area contributed by atoms with Gasteiger partial charge in [0.25, 0.3) is 0 Å². The fourth-order valence-corrected chi connectivity index (χ4v) is 1.96. The van der Waals surface area contributed by atoms with Crippen LogP contribution in [-0.2, 0) is 13.0 Å². The topological polar surface area (TPSA) is 43.8 Å². The average Bonchev–Trinajstić information content (AvgIpc) is 2.59. The Kier molecular flexibility index (Phi) is 2.62. The fraction of sp³-hybridized carbons (Fsp3) is 0.417. The van der Waals surface area contributed by atoms with Gasteiger partial charge < -0.3 is 10.3 Å². The van der Waals surface area contributed by atoms with Gasteiger partial charge >= 0.3 is 0 Å². The SMILES string of the molecule is CCCn1c(CC)nc2c(N)cccc21. The van der Waals surface area contributed by atoms with E-state index in [2.05, 4.69) is 29.5 Å². The number of nitrogens with zero attached hydrogens (tertiary/aromatic N) is 2. The van der Waals surface area contributed by atoms with E-state index in [1.54, 1.807) is 0 Å². The van der Waals surface area contributed by atoms with Crippen LogP contribution in [0.4, 0.5) is 5.69 Å². The molecular weight excluding hydrogens is 186 g/mol. The van der Waals surface area contributed by atoms with Gasteiger partial charge in [-0.3, -0.25) is 0 Å². The van der Waals surface area contributed by atoms with Crippen LogP contribution in [0.25, 0.3) is 11.0 Å². The summed E-state index contributed by atoms with van der Waals surface area (Å²) in [5.41, 5.74) is 8.80. The van der Waals surface area contributed by atoms with Crippen molar-refractivity contribution in [3.8, 4) is 0 Å². The minimum atomic E-state index is 0.775. The van der Waals surface area contributed by atoms with Crippen LogP contribution in [0.5, 0.6) is 0 Å². The van der Waals surface area contributed by atoms with Crippen LogP contribution in [0.15, 0.2) is 18.2 Å². The van der Waals surface area contributed by atoms with E-state index in [-0.39, 0.29) is 0 Å². The number of para-hydroxylation sites is 1. The summed E-state index contributed by atoms with van der Waals surface area (Å²) in [6, 6.07) is 5.99. The van der Waals surface area contributed by atoms with Crippen molar-refractivity contribution in [2.45, 2.75) is 33.2 Å². The van der Waals surface area contributed by atoms with Gasteiger partial charge in [-0.25, -0.2) is 4.98 Å². The molecule has 2 aromatic rings. The van der Waals surface area contributed by atoms with Gasteiger partial charge in [0, 0.05) is 13.0 Å². The van der Waals surface area contributed by atoms with Crippen molar-refractivity contribution in [3.63, 3.8) is 0 Å². The molecule has 0 unspecified atom stereocenters. The first-order chi connectivity index (χ1) is 7.27. The highest BCUT2D eigenvalue weighted by molar-refractivity contribution is 5.87. The molecule has 0 amide bonds. The van der Waals surface area contributed by atoms with E-state index >= 15 is 0 Å². The van der Waals surface area contributed by atoms with Gasteiger partial charge in [0.2, 0.25) is 0 Å². The zero-order valence-corrected chi connectivity index (χ0v) is 9.33. The number of benzene rings is 1. The van der Waals surface area contributed by atoms with Crippen LogP contribution < -0.4 is 5.73 Å². The maximum absolute atomic E-state index is 5.91. The van der Waals surface area contributed by atoms with Crippen LogP contribution in [0.1, 0.15) is 26.1 Å². The summed E-state index contributed by atoms with van der Waals surface area (Å²) in [5.74, 6) is 1.13. The van der Waals surface area contributed by atoms with Gasteiger partial charge in [0.15, 0.2) is 0 Å². The minimum Gasteiger partial charge on any atom is -0.397 e. The molecule has 0 radical (unpaired) electrons.